The third-order valence-electron chi connectivity index (χ3n) is 4.68. The van der Waals surface area contributed by atoms with Crippen LogP contribution in [-0.4, -0.2) is 16.2 Å². The second-order valence-electron chi connectivity index (χ2n) is 6.78. The number of pyridine rings is 2. The first-order chi connectivity index (χ1) is 13.5. The van der Waals surface area contributed by atoms with Gasteiger partial charge in [0.1, 0.15) is 11.5 Å². The number of nitrogens with zero attached hydrogens (tertiary/aromatic N) is 2. The number of anilines is 1. The molecule has 144 valence electrons. The maximum absolute atomic E-state index is 12.1. The Morgan fingerprint density at radius 3 is 2.86 bits per heavy atom. The molecular weight excluding hydrogens is 378 g/mol. The number of fused-ring (bicyclic) bond motifs is 4. The molecule has 0 unspecified atom stereocenters. The van der Waals surface area contributed by atoms with Crippen LogP contribution in [0.1, 0.15) is 18.4 Å². The number of ether oxygens (including phenoxy) is 2. The summed E-state index contributed by atoms with van der Waals surface area (Å²) in [5.41, 5.74) is 8.89. The van der Waals surface area contributed by atoms with Crippen LogP contribution in [0.15, 0.2) is 47.5 Å². The van der Waals surface area contributed by atoms with Crippen molar-refractivity contribution >= 4 is 17.3 Å². The van der Waals surface area contributed by atoms with Gasteiger partial charge in [0.25, 0.3) is 5.56 Å². The lowest BCUT2D eigenvalue weighted by Gasteiger charge is -2.18. The summed E-state index contributed by atoms with van der Waals surface area (Å²) in [6, 6.07) is 8.75. The van der Waals surface area contributed by atoms with Gasteiger partial charge in [-0.05, 0) is 43.5 Å². The number of aryl methyl sites for hydroxylation is 2. The third-order valence-corrected chi connectivity index (χ3v) is 4.89. The minimum absolute atomic E-state index is 0.140. The smallest absolute Gasteiger partial charge is 0.254 e. The SMILES string of the molecule is Cn1cc2c(cc1=O)OCCCCc1cc(Cl)cnc1Oc1ccc(N)cc1-2. The van der Waals surface area contributed by atoms with Gasteiger partial charge >= 0.3 is 0 Å². The zero-order valence-corrected chi connectivity index (χ0v) is 16.2. The molecule has 3 aromatic rings. The molecule has 28 heavy (non-hydrogen) atoms. The first-order valence-electron chi connectivity index (χ1n) is 9.07. The summed E-state index contributed by atoms with van der Waals surface area (Å²) in [6.45, 7) is 0.502. The molecular formula is C21H20ClN3O3. The fourth-order valence-electron chi connectivity index (χ4n) is 3.22. The number of benzene rings is 1. The average molecular weight is 398 g/mol. The molecule has 0 fully saturated rings. The largest absolute Gasteiger partial charge is 0.493 e. The maximum atomic E-state index is 12.1. The standard InChI is InChI=1S/C21H20ClN3O3/c1-25-12-17-16-9-15(23)5-6-18(16)28-21-13(8-14(22)11-24-21)4-2-3-7-27-19(17)10-20(25)26/h5-6,8-12H,2-4,7,23H2,1H3. The van der Waals surface area contributed by atoms with E-state index >= 15 is 0 Å². The highest BCUT2D eigenvalue weighted by Crippen LogP contribution is 2.40. The Hall–Kier alpha value is -2.99. The van der Waals surface area contributed by atoms with Crippen LogP contribution in [0.4, 0.5) is 5.69 Å². The van der Waals surface area contributed by atoms with Gasteiger partial charge in [-0.1, -0.05) is 11.6 Å². The van der Waals surface area contributed by atoms with Gasteiger partial charge < -0.3 is 19.8 Å². The monoisotopic (exact) mass is 397 g/mol. The highest BCUT2D eigenvalue weighted by molar-refractivity contribution is 6.30. The van der Waals surface area contributed by atoms with Gasteiger partial charge in [0, 0.05) is 47.9 Å². The predicted molar refractivity (Wildman–Crippen MR) is 109 cm³/mol. The van der Waals surface area contributed by atoms with Crippen LogP contribution in [0, 0.1) is 0 Å². The molecule has 0 bridgehead atoms. The van der Waals surface area contributed by atoms with Crippen LogP contribution in [-0.2, 0) is 13.5 Å². The topological polar surface area (TPSA) is 79.4 Å². The van der Waals surface area contributed by atoms with E-state index in [9.17, 15) is 4.79 Å². The normalized spacial score (nSPS) is 13.6. The van der Waals surface area contributed by atoms with Crippen molar-refractivity contribution in [3.8, 4) is 28.5 Å². The summed E-state index contributed by atoms with van der Waals surface area (Å²) in [6.07, 6.45) is 5.78. The van der Waals surface area contributed by atoms with Crippen LogP contribution >= 0.6 is 11.6 Å². The molecule has 0 saturated heterocycles. The lowest BCUT2D eigenvalue weighted by Crippen LogP contribution is -2.16. The van der Waals surface area contributed by atoms with Gasteiger partial charge in [0.15, 0.2) is 0 Å². The van der Waals surface area contributed by atoms with Crippen molar-refractivity contribution in [3.05, 3.63) is 63.7 Å². The zero-order chi connectivity index (χ0) is 19.7. The van der Waals surface area contributed by atoms with Gasteiger partial charge in [0.2, 0.25) is 5.88 Å². The van der Waals surface area contributed by atoms with Crippen molar-refractivity contribution in [1.29, 1.82) is 0 Å². The minimum atomic E-state index is -0.140. The number of halogens is 1. The Bertz CT molecular complexity index is 1090. The van der Waals surface area contributed by atoms with Crippen molar-refractivity contribution in [2.24, 2.45) is 7.05 Å². The van der Waals surface area contributed by atoms with Crippen molar-refractivity contribution < 1.29 is 9.47 Å². The van der Waals surface area contributed by atoms with E-state index < -0.39 is 0 Å². The second kappa shape index (κ2) is 7.56. The summed E-state index contributed by atoms with van der Waals surface area (Å²) in [5, 5.41) is 0.573. The molecule has 1 aromatic carbocycles. The number of rotatable bonds is 0. The Kier molecular flexibility index (Phi) is 4.96. The molecule has 7 heteroatoms. The average Bonchev–Trinajstić information content (AvgIpc) is 2.66. The van der Waals surface area contributed by atoms with E-state index in [0.717, 1.165) is 36.0 Å². The first-order valence-corrected chi connectivity index (χ1v) is 9.45. The van der Waals surface area contributed by atoms with Crippen molar-refractivity contribution in [2.75, 3.05) is 12.3 Å². The quantitative estimate of drug-likeness (QED) is 0.575. The fraction of sp³-hybridized carbons (Fsp3) is 0.238. The van der Waals surface area contributed by atoms with E-state index in [2.05, 4.69) is 4.98 Å². The van der Waals surface area contributed by atoms with Crippen LogP contribution in [0.5, 0.6) is 17.4 Å². The number of hydrogen-bond acceptors (Lipinski definition) is 5. The van der Waals surface area contributed by atoms with Crippen LogP contribution < -0.4 is 20.8 Å². The lowest BCUT2D eigenvalue weighted by atomic mass is 10.0. The van der Waals surface area contributed by atoms with Gasteiger partial charge in [-0.3, -0.25) is 4.79 Å². The number of nitrogen functional groups attached to an aromatic ring is 1. The van der Waals surface area contributed by atoms with Gasteiger partial charge in [-0.15, -0.1) is 0 Å². The summed E-state index contributed by atoms with van der Waals surface area (Å²) >= 11 is 6.13. The molecule has 4 rings (SSSR count). The summed E-state index contributed by atoms with van der Waals surface area (Å²) in [5.74, 6) is 1.61. The van der Waals surface area contributed by atoms with Crippen LogP contribution in [0.25, 0.3) is 11.1 Å². The van der Waals surface area contributed by atoms with Gasteiger partial charge in [-0.2, -0.15) is 0 Å². The van der Waals surface area contributed by atoms with Crippen LogP contribution in [0.2, 0.25) is 5.02 Å². The zero-order valence-electron chi connectivity index (χ0n) is 15.4. The second-order valence-corrected chi connectivity index (χ2v) is 7.22. The molecule has 3 heterocycles. The van der Waals surface area contributed by atoms with E-state index in [1.807, 2.05) is 12.1 Å². The minimum Gasteiger partial charge on any atom is -0.493 e. The lowest BCUT2D eigenvalue weighted by molar-refractivity contribution is 0.306. The highest BCUT2D eigenvalue weighted by atomic mass is 35.5. The third kappa shape index (κ3) is 3.68. The molecule has 6 nitrogen and oxygen atoms in total. The maximum Gasteiger partial charge on any atom is 0.254 e. The summed E-state index contributed by atoms with van der Waals surface area (Å²) < 4.78 is 13.6. The fourth-order valence-corrected chi connectivity index (χ4v) is 3.41. The molecule has 0 amide bonds. The van der Waals surface area contributed by atoms with E-state index in [-0.39, 0.29) is 5.56 Å². The van der Waals surface area contributed by atoms with Crippen molar-refractivity contribution in [3.63, 3.8) is 0 Å². The van der Waals surface area contributed by atoms with Gasteiger partial charge in [0.05, 0.1) is 11.6 Å². The molecule has 1 aliphatic heterocycles. The molecule has 0 atom stereocenters. The molecule has 0 spiro atoms. The molecule has 2 N–H and O–H groups in total. The predicted octanol–water partition coefficient (Wildman–Crippen LogP) is 4.19. The Morgan fingerprint density at radius 1 is 1.14 bits per heavy atom. The first kappa shape index (κ1) is 18.4. The van der Waals surface area contributed by atoms with E-state index in [1.165, 1.54) is 10.6 Å². The van der Waals surface area contributed by atoms with E-state index in [4.69, 9.17) is 26.8 Å². The molecule has 0 radical (unpaired) electrons. The molecule has 2 aromatic heterocycles. The van der Waals surface area contributed by atoms with Crippen LogP contribution in [0.3, 0.4) is 0 Å². The van der Waals surface area contributed by atoms with Gasteiger partial charge in [-0.25, -0.2) is 4.98 Å². The highest BCUT2D eigenvalue weighted by Gasteiger charge is 2.18. The molecule has 1 aliphatic rings. The Balaban J connectivity index is 1.92. The molecule has 0 saturated carbocycles. The van der Waals surface area contributed by atoms with E-state index in [1.54, 1.807) is 31.6 Å². The Morgan fingerprint density at radius 2 is 2.00 bits per heavy atom. The van der Waals surface area contributed by atoms with E-state index in [0.29, 0.717) is 34.7 Å². The number of aromatic nitrogens is 2. The number of nitrogens with two attached hydrogens (primary N) is 1. The summed E-state index contributed by atoms with van der Waals surface area (Å²) in [7, 11) is 1.70. The Labute approximate surface area is 167 Å². The summed E-state index contributed by atoms with van der Waals surface area (Å²) in [4.78, 5) is 16.5. The number of hydrogen-bond donors (Lipinski definition) is 1. The van der Waals surface area contributed by atoms with Crippen molar-refractivity contribution in [2.45, 2.75) is 19.3 Å². The molecule has 0 aliphatic carbocycles. The van der Waals surface area contributed by atoms with Crippen molar-refractivity contribution in [1.82, 2.24) is 9.55 Å².